The molecule has 5 nitrogen and oxygen atoms in total. The zero-order valence-electron chi connectivity index (χ0n) is 14.3. The number of nitrogens with two attached hydrogens (primary N) is 1. The Morgan fingerprint density at radius 1 is 1.04 bits per heavy atom. The van der Waals surface area contributed by atoms with Crippen LogP contribution in [0.15, 0.2) is 60.7 Å². The van der Waals surface area contributed by atoms with Crippen molar-refractivity contribution in [2.45, 2.75) is 20.3 Å². The molecule has 0 spiro atoms. The van der Waals surface area contributed by atoms with Crippen molar-refractivity contribution in [2.24, 2.45) is 5.73 Å². The molecule has 2 aromatic rings. The van der Waals surface area contributed by atoms with E-state index in [1.54, 1.807) is 43.3 Å². The lowest BCUT2D eigenvalue weighted by Crippen LogP contribution is -2.37. The monoisotopic (exact) mass is 336 g/mol. The third-order valence-electron chi connectivity index (χ3n) is 3.80. The van der Waals surface area contributed by atoms with Gasteiger partial charge in [-0.15, -0.1) is 0 Å². The van der Waals surface area contributed by atoms with Crippen LogP contribution in [0.25, 0.3) is 0 Å². The number of anilines is 2. The summed E-state index contributed by atoms with van der Waals surface area (Å²) in [5.74, 6) is -2.05. The number of hydrogen-bond donors (Lipinski definition) is 1. The van der Waals surface area contributed by atoms with Crippen molar-refractivity contribution >= 4 is 29.0 Å². The van der Waals surface area contributed by atoms with Gasteiger partial charge in [0.1, 0.15) is 0 Å². The topological polar surface area (TPSA) is 80.5 Å². The molecule has 0 atom stereocenters. The number of hydrogen-bond acceptors (Lipinski definition) is 3. The van der Waals surface area contributed by atoms with Gasteiger partial charge in [-0.2, -0.15) is 0 Å². The van der Waals surface area contributed by atoms with E-state index >= 15 is 0 Å². The molecular formula is C20H20N2O3. The summed E-state index contributed by atoms with van der Waals surface area (Å²) in [6, 6.07) is 13.7. The summed E-state index contributed by atoms with van der Waals surface area (Å²) in [4.78, 5) is 37.2. The average molecular weight is 336 g/mol. The lowest BCUT2D eigenvalue weighted by atomic mass is 10.0. The fraction of sp³-hybridized carbons (Fsp3) is 0.150. The summed E-state index contributed by atoms with van der Waals surface area (Å²) in [5, 5.41) is 0. The normalized spacial score (nSPS) is 10.2. The van der Waals surface area contributed by atoms with Crippen LogP contribution < -0.4 is 10.6 Å². The van der Waals surface area contributed by atoms with E-state index in [4.69, 9.17) is 5.73 Å². The summed E-state index contributed by atoms with van der Waals surface area (Å²) in [7, 11) is 0. The number of carbonyl (C=O) groups is 3. The largest absolute Gasteiger partial charge is 0.361 e. The predicted molar refractivity (Wildman–Crippen MR) is 97.7 cm³/mol. The molecule has 0 saturated heterocycles. The maximum atomic E-state index is 12.4. The molecule has 25 heavy (non-hydrogen) atoms. The summed E-state index contributed by atoms with van der Waals surface area (Å²) in [5.41, 5.74) is 8.07. The van der Waals surface area contributed by atoms with E-state index in [-0.39, 0.29) is 5.78 Å². The molecule has 5 heteroatoms. The van der Waals surface area contributed by atoms with Gasteiger partial charge in [0.05, 0.1) is 5.69 Å². The fourth-order valence-corrected chi connectivity index (χ4v) is 2.51. The molecule has 0 fully saturated rings. The molecule has 0 aliphatic carbocycles. The second kappa shape index (κ2) is 7.57. The Hall–Kier alpha value is -3.21. The van der Waals surface area contributed by atoms with Gasteiger partial charge in [0, 0.05) is 11.3 Å². The Bertz CT molecular complexity index is 838. The molecule has 0 radical (unpaired) electrons. The first-order valence-corrected chi connectivity index (χ1v) is 7.88. The molecule has 0 saturated carbocycles. The Morgan fingerprint density at radius 3 is 2.16 bits per heavy atom. The van der Waals surface area contributed by atoms with Crippen LogP contribution in [-0.2, 0) is 16.0 Å². The predicted octanol–water partition coefficient (Wildman–Crippen LogP) is 3.16. The molecule has 2 aromatic carbocycles. The Kier molecular flexibility index (Phi) is 5.49. The van der Waals surface area contributed by atoms with Crippen molar-refractivity contribution < 1.29 is 14.4 Å². The molecule has 2 N–H and O–H groups in total. The quantitative estimate of drug-likeness (QED) is 0.517. The maximum absolute atomic E-state index is 12.4. The molecule has 0 aliphatic rings. The van der Waals surface area contributed by atoms with Crippen molar-refractivity contribution in [3.05, 3.63) is 71.8 Å². The van der Waals surface area contributed by atoms with Gasteiger partial charge in [-0.05, 0) is 54.8 Å². The van der Waals surface area contributed by atoms with Crippen molar-refractivity contribution in [3.8, 4) is 0 Å². The number of amides is 2. The van der Waals surface area contributed by atoms with Crippen molar-refractivity contribution in [1.29, 1.82) is 0 Å². The number of rotatable bonds is 5. The molecule has 0 unspecified atom stereocenters. The van der Waals surface area contributed by atoms with Crippen molar-refractivity contribution in [3.63, 3.8) is 0 Å². The zero-order valence-corrected chi connectivity index (χ0v) is 14.3. The van der Waals surface area contributed by atoms with E-state index in [2.05, 4.69) is 6.58 Å². The van der Waals surface area contributed by atoms with E-state index in [0.29, 0.717) is 28.9 Å². The average Bonchev–Trinajstić information content (AvgIpc) is 2.62. The molecular weight excluding hydrogens is 316 g/mol. The molecule has 0 bridgehead atoms. The van der Waals surface area contributed by atoms with Crippen LogP contribution in [0, 0.1) is 0 Å². The molecule has 0 aromatic heterocycles. The maximum Gasteiger partial charge on any atom is 0.320 e. The van der Waals surface area contributed by atoms with Crippen LogP contribution in [0.5, 0.6) is 0 Å². The Balaban J connectivity index is 2.54. The third kappa shape index (κ3) is 3.83. The molecule has 2 amide bonds. The number of carbonyl (C=O) groups excluding carboxylic acids is 3. The molecule has 128 valence electrons. The highest BCUT2D eigenvalue weighted by atomic mass is 16.2. The standard InChI is InChI=1S/C20H20N2O3/c1-4-14-7-5-6-8-17(14)22(20(25)19(21)24)16-11-9-15(10-12-16)18(23)13(2)3/h5-12H,2,4H2,1,3H3,(H2,21,24). The molecule has 0 heterocycles. The highest BCUT2D eigenvalue weighted by molar-refractivity contribution is 6.41. The van der Waals surface area contributed by atoms with Gasteiger partial charge < -0.3 is 5.73 Å². The van der Waals surface area contributed by atoms with Crippen LogP contribution in [0.3, 0.4) is 0 Å². The first kappa shape index (κ1) is 18.1. The lowest BCUT2D eigenvalue weighted by Gasteiger charge is -2.24. The number of aryl methyl sites for hydroxylation is 1. The number of ketones is 1. The van der Waals surface area contributed by atoms with Crippen LogP contribution in [0.1, 0.15) is 29.8 Å². The van der Waals surface area contributed by atoms with E-state index in [1.165, 1.54) is 4.90 Å². The zero-order chi connectivity index (χ0) is 18.6. The summed E-state index contributed by atoms with van der Waals surface area (Å²) >= 11 is 0. The minimum Gasteiger partial charge on any atom is -0.361 e. The molecule has 0 aliphatic heterocycles. The summed E-state index contributed by atoms with van der Waals surface area (Å²) in [6.45, 7) is 7.23. The van der Waals surface area contributed by atoms with Crippen LogP contribution in [0.2, 0.25) is 0 Å². The summed E-state index contributed by atoms with van der Waals surface area (Å²) < 4.78 is 0. The Labute approximate surface area is 146 Å². The lowest BCUT2D eigenvalue weighted by molar-refractivity contribution is -0.135. The van der Waals surface area contributed by atoms with Crippen LogP contribution >= 0.6 is 0 Å². The van der Waals surface area contributed by atoms with Crippen molar-refractivity contribution in [1.82, 2.24) is 0 Å². The van der Waals surface area contributed by atoms with Gasteiger partial charge in [-0.1, -0.05) is 31.7 Å². The van der Waals surface area contributed by atoms with E-state index < -0.39 is 11.8 Å². The number of Topliss-reactive ketones (excluding diaryl/α,β-unsaturated/α-hetero) is 1. The van der Waals surface area contributed by atoms with Gasteiger partial charge in [0.2, 0.25) is 0 Å². The van der Waals surface area contributed by atoms with Crippen LogP contribution in [-0.4, -0.2) is 17.6 Å². The number of primary amides is 1. The minimum absolute atomic E-state index is 0.173. The first-order chi connectivity index (χ1) is 11.9. The summed E-state index contributed by atoms with van der Waals surface area (Å²) in [6.07, 6.45) is 0.685. The van der Waals surface area contributed by atoms with Gasteiger partial charge in [-0.3, -0.25) is 19.3 Å². The van der Waals surface area contributed by atoms with Gasteiger partial charge >= 0.3 is 11.8 Å². The number of nitrogens with zero attached hydrogens (tertiary/aromatic N) is 1. The van der Waals surface area contributed by atoms with Gasteiger partial charge in [0.25, 0.3) is 0 Å². The first-order valence-electron chi connectivity index (χ1n) is 7.88. The fourth-order valence-electron chi connectivity index (χ4n) is 2.51. The van der Waals surface area contributed by atoms with Gasteiger partial charge in [-0.25, -0.2) is 0 Å². The highest BCUT2D eigenvalue weighted by Crippen LogP contribution is 2.29. The third-order valence-corrected chi connectivity index (χ3v) is 3.80. The second-order valence-electron chi connectivity index (χ2n) is 5.64. The number of para-hydroxylation sites is 1. The SMILES string of the molecule is C=C(C)C(=O)c1ccc(N(C(=O)C(N)=O)c2ccccc2CC)cc1. The number of allylic oxidation sites excluding steroid dienone is 1. The van der Waals surface area contributed by atoms with Crippen LogP contribution in [0.4, 0.5) is 11.4 Å². The van der Waals surface area contributed by atoms with E-state index in [9.17, 15) is 14.4 Å². The highest BCUT2D eigenvalue weighted by Gasteiger charge is 2.24. The molecule has 2 rings (SSSR count). The number of benzene rings is 2. The Morgan fingerprint density at radius 2 is 1.64 bits per heavy atom. The second-order valence-corrected chi connectivity index (χ2v) is 5.64. The van der Waals surface area contributed by atoms with E-state index in [1.807, 2.05) is 19.1 Å². The smallest absolute Gasteiger partial charge is 0.320 e. The van der Waals surface area contributed by atoms with E-state index in [0.717, 1.165) is 5.56 Å². The van der Waals surface area contributed by atoms with Gasteiger partial charge in [0.15, 0.2) is 5.78 Å². The minimum atomic E-state index is -1.05. The van der Waals surface area contributed by atoms with Crippen molar-refractivity contribution in [2.75, 3.05) is 4.90 Å².